The van der Waals surface area contributed by atoms with Crippen LogP contribution in [0.3, 0.4) is 0 Å². The largest absolute Gasteiger partial charge is 0.468 e. The van der Waals surface area contributed by atoms with Gasteiger partial charge in [0.05, 0.1) is 12.5 Å². The second kappa shape index (κ2) is 4.76. The maximum atomic E-state index is 15.0. The van der Waals surface area contributed by atoms with Crippen LogP contribution in [0.2, 0.25) is 0 Å². The van der Waals surface area contributed by atoms with Gasteiger partial charge in [0, 0.05) is 17.7 Å². The predicted molar refractivity (Wildman–Crippen MR) is 77.5 cm³/mol. The number of ether oxygens (including phenoxy) is 1. The summed E-state index contributed by atoms with van der Waals surface area (Å²) in [5.74, 6) is -1.23. The number of hydrogen-bond acceptors (Lipinski definition) is 3. The molecule has 0 aromatic heterocycles. The zero-order valence-electron chi connectivity index (χ0n) is 12.8. The lowest BCUT2D eigenvalue weighted by Gasteiger charge is -2.34. The summed E-state index contributed by atoms with van der Waals surface area (Å²) in [6, 6.07) is 3.22. The van der Waals surface area contributed by atoms with E-state index in [1.54, 1.807) is 12.1 Å². The van der Waals surface area contributed by atoms with Gasteiger partial charge in [-0.3, -0.25) is 9.59 Å². The van der Waals surface area contributed by atoms with Crippen LogP contribution in [-0.2, 0) is 14.9 Å². The van der Waals surface area contributed by atoms with Crippen molar-refractivity contribution in [2.24, 2.45) is 0 Å². The summed E-state index contributed by atoms with van der Waals surface area (Å²) >= 11 is 0. The zero-order valence-corrected chi connectivity index (χ0v) is 12.8. The van der Waals surface area contributed by atoms with Gasteiger partial charge in [0.15, 0.2) is 0 Å². The van der Waals surface area contributed by atoms with E-state index in [1.165, 1.54) is 12.0 Å². The van der Waals surface area contributed by atoms with E-state index < -0.39 is 29.3 Å². The molecular formula is C17H17F2NO3. The van der Waals surface area contributed by atoms with Crippen molar-refractivity contribution in [3.63, 3.8) is 0 Å². The van der Waals surface area contributed by atoms with Crippen molar-refractivity contribution in [2.45, 2.75) is 36.8 Å². The highest BCUT2D eigenvalue weighted by Crippen LogP contribution is 2.56. The van der Waals surface area contributed by atoms with Crippen molar-refractivity contribution in [2.75, 3.05) is 20.2 Å². The van der Waals surface area contributed by atoms with Crippen molar-refractivity contribution in [1.29, 1.82) is 0 Å². The van der Waals surface area contributed by atoms with Gasteiger partial charge in [0.25, 0.3) is 5.91 Å². The first kappa shape index (κ1) is 14.6. The molecule has 122 valence electrons. The summed E-state index contributed by atoms with van der Waals surface area (Å²) in [5, 5.41) is 0. The monoisotopic (exact) mass is 321 g/mol. The first-order chi connectivity index (χ1) is 11.0. The maximum absolute atomic E-state index is 15.0. The molecule has 23 heavy (non-hydrogen) atoms. The van der Waals surface area contributed by atoms with Crippen LogP contribution in [0.15, 0.2) is 12.1 Å². The van der Waals surface area contributed by atoms with Crippen LogP contribution in [0.5, 0.6) is 0 Å². The minimum Gasteiger partial charge on any atom is -0.468 e. The van der Waals surface area contributed by atoms with Gasteiger partial charge in [-0.25, -0.2) is 8.78 Å². The number of esters is 1. The lowest BCUT2D eigenvalue weighted by atomic mass is 9.83. The molecule has 0 bridgehead atoms. The molecule has 6 heteroatoms. The Morgan fingerprint density at radius 3 is 2.70 bits per heavy atom. The molecule has 1 aromatic carbocycles. The summed E-state index contributed by atoms with van der Waals surface area (Å²) in [6.07, 6.45) is 0.878. The van der Waals surface area contributed by atoms with Gasteiger partial charge in [0.1, 0.15) is 18.5 Å². The molecule has 0 N–H and O–H groups in total. The second-order valence-corrected chi connectivity index (χ2v) is 6.73. The number of benzene rings is 1. The molecule has 1 aromatic rings. The fraction of sp³-hybridized carbons (Fsp3) is 0.529. The summed E-state index contributed by atoms with van der Waals surface area (Å²) in [6.45, 7) is -0.213. The molecule has 4 nitrogen and oxygen atoms in total. The number of rotatable bonds is 3. The number of hydrogen-bond donors (Lipinski definition) is 0. The van der Waals surface area contributed by atoms with Crippen molar-refractivity contribution in [3.05, 3.63) is 34.6 Å². The highest BCUT2D eigenvalue weighted by molar-refractivity contribution is 5.99. The van der Waals surface area contributed by atoms with Crippen LogP contribution in [-0.4, -0.2) is 43.1 Å². The first-order valence-electron chi connectivity index (χ1n) is 7.81. The second-order valence-electron chi connectivity index (χ2n) is 6.73. The Hall–Kier alpha value is -1.98. The normalized spacial score (nSPS) is 28.7. The number of amides is 1. The molecule has 2 atom stereocenters. The fourth-order valence-corrected chi connectivity index (χ4v) is 3.66. The Labute approximate surface area is 132 Å². The van der Waals surface area contributed by atoms with Crippen LogP contribution in [0.1, 0.15) is 46.7 Å². The van der Waals surface area contributed by atoms with Crippen molar-refractivity contribution < 1.29 is 23.1 Å². The SMILES string of the molecule is COC(=O)CN1C[C@@]2(C[C@@H]2F)c2c(ccc(C3CC3)c2F)C1=O. The average Bonchev–Trinajstić information content (AvgIpc) is 3.43. The summed E-state index contributed by atoms with van der Waals surface area (Å²) in [4.78, 5) is 25.3. The molecule has 0 unspecified atom stereocenters. The van der Waals surface area contributed by atoms with Gasteiger partial charge in [-0.2, -0.15) is 0 Å². The van der Waals surface area contributed by atoms with Gasteiger partial charge in [-0.05, 0) is 36.8 Å². The smallest absolute Gasteiger partial charge is 0.325 e. The number of alkyl halides is 1. The number of carbonyl (C=O) groups excluding carboxylic acids is 2. The molecule has 2 fully saturated rings. The van der Waals surface area contributed by atoms with E-state index in [4.69, 9.17) is 0 Å². The van der Waals surface area contributed by atoms with Gasteiger partial charge in [0.2, 0.25) is 0 Å². The standard InChI is InChI=1S/C17H17F2NO3/c1-23-13(21)7-20-8-17(6-12(17)18)14-11(16(20)22)5-4-10(15(14)19)9-2-3-9/h4-5,9,12H,2-3,6-8H2,1H3/t12-,17+/m0/s1. The average molecular weight is 321 g/mol. The number of carbonyl (C=O) groups is 2. The van der Waals surface area contributed by atoms with Gasteiger partial charge in [-0.15, -0.1) is 0 Å². The first-order valence-corrected chi connectivity index (χ1v) is 7.81. The van der Waals surface area contributed by atoms with Crippen LogP contribution < -0.4 is 0 Å². The maximum Gasteiger partial charge on any atom is 0.325 e. The molecule has 0 saturated heterocycles. The van der Waals surface area contributed by atoms with E-state index in [-0.39, 0.29) is 36.6 Å². The number of methoxy groups -OCH3 is 1. The fourth-order valence-electron chi connectivity index (χ4n) is 3.66. The van der Waals surface area contributed by atoms with Gasteiger partial charge < -0.3 is 9.64 Å². The molecule has 1 spiro atoms. The van der Waals surface area contributed by atoms with Crippen LogP contribution in [0.4, 0.5) is 8.78 Å². The quantitative estimate of drug-likeness (QED) is 0.803. The predicted octanol–water partition coefficient (Wildman–Crippen LogP) is 2.31. The Bertz CT molecular complexity index is 716. The van der Waals surface area contributed by atoms with E-state index in [0.717, 1.165) is 12.8 Å². The van der Waals surface area contributed by atoms with Crippen LogP contribution in [0, 0.1) is 5.82 Å². The molecule has 4 rings (SSSR count). The molecule has 3 aliphatic rings. The topological polar surface area (TPSA) is 46.6 Å². The van der Waals surface area contributed by atoms with Crippen LogP contribution in [0.25, 0.3) is 0 Å². The lowest BCUT2D eigenvalue weighted by molar-refractivity contribution is -0.141. The Balaban J connectivity index is 1.79. The summed E-state index contributed by atoms with van der Waals surface area (Å²) < 4.78 is 33.7. The summed E-state index contributed by atoms with van der Waals surface area (Å²) in [7, 11) is 1.23. The molecule has 1 aliphatic heterocycles. The molecule has 1 heterocycles. The minimum absolute atomic E-state index is 0.0279. The Morgan fingerprint density at radius 1 is 1.43 bits per heavy atom. The molecule has 0 radical (unpaired) electrons. The van der Waals surface area contributed by atoms with Crippen molar-refractivity contribution in [3.8, 4) is 0 Å². The van der Waals surface area contributed by atoms with E-state index in [0.29, 0.717) is 5.56 Å². The number of nitrogens with zero attached hydrogens (tertiary/aromatic N) is 1. The van der Waals surface area contributed by atoms with E-state index in [2.05, 4.69) is 4.74 Å². The highest BCUT2D eigenvalue weighted by atomic mass is 19.1. The molecule has 2 saturated carbocycles. The van der Waals surface area contributed by atoms with Gasteiger partial charge in [-0.1, -0.05) is 6.07 Å². The molecular weight excluding hydrogens is 304 g/mol. The Morgan fingerprint density at radius 2 is 2.13 bits per heavy atom. The van der Waals surface area contributed by atoms with Crippen LogP contribution >= 0.6 is 0 Å². The van der Waals surface area contributed by atoms with E-state index >= 15 is 0 Å². The number of halogens is 2. The Kier molecular flexibility index (Phi) is 3.02. The van der Waals surface area contributed by atoms with E-state index in [1.807, 2.05) is 0 Å². The summed E-state index contributed by atoms with van der Waals surface area (Å²) in [5.41, 5.74) is 0.00542. The highest BCUT2D eigenvalue weighted by Gasteiger charge is 2.62. The lowest BCUT2D eigenvalue weighted by Crippen LogP contribution is -2.47. The van der Waals surface area contributed by atoms with Crippen molar-refractivity contribution in [1.82, 2.24) is 4.90 Å². The third-order valence-electron chi connectivity index (χ3n) is 5.21. The molecule has 2 aliphatic carbocycles. The zero-order chi connectivity index (χ0) is 16.4. The van der Waals surface area contributed by atoms with Crippen molar-refractivity contribution >= 4 is 11.9 Å². The minimum atomic E-state index is -1.18. The van der Waals surface area contributed by atoms with E-state index in [9.17, 15) is 18.4 Å². The van der Waals surface area contributed by atoms with Gasteiger partial charge >= 0.3 is 5.97 Å². The third kappa shape index (κ3) is 2.07. The third-order valence-corrected chi connectivity index (χ3v) is 5.21. The number of fused-ring (bicyclic) bond motifs is 2. The molecule has 1 amide bonds.